The lowest BCUT2D eigenvalue weighted by Gasteiger charge is -2.39. The number of methoxy groups -OCH3 is 1. The lowest BCUT2D eigenvalue weighted by atomic mass is 9.79. The largest absolute Gasteiger partial charge is 0.370 e. The molecule has 1 fully saturated rings. The van der Waals surface area contributed by atoms with Crippen molar-refractivity contribution in [2.75, 3.05) is 7.11 Å². The van der Waals surface area contributed by atoms with E-state index in [0.29, 0.717) is 5.15 Å². The summed E-state index contributed by atoms with van der Waals surface area (Å²) in [5.74, 6) is 0.807. The minimum atomic E-state index is -0.259. The van der Waals surface area contributed by atoms with Gasteiger partial charge in [-0.25, -0.2) is 9.97 Å². The van der Waals surface area contributed by atoms with Crippen molar-refractivity contribution >= 4 is 11.6 Å². The molecule has 0 amide bonds. The van der Waals surface area contributed by atoms with Crippen molar-refractivity contribution in [1.82, 2.24) is 9.97 Å². The Hall–Kier alpha value is -0.670. The van der Waals surface area contributed by atoms with E-state index in [0.717, 1.165) is 37.2 Å². The lowest BCUT2D eigenvalue weighted by molar-refractivity contribution is -0.0848. The number of hydrogen-bond acceptors (Lipinski definition) is 3. The number of aromatic nitrogens is 2. The van der Waals surface area contributed by atoms with E-state index in [9.17, 15) is 0 Å². The number of ether oxygens (including phenoxy) is 1. The Bertz CT molecular complexity index is 452. The molecule has 0 aliphatic heterocycles. The van der Waals surface area contributed by atoms with E-state index in [1.807, 2.05) is 0 Å². The molecule has 98 valence electrons. The average molecular weight is 267 g/mol. The van der Waals surface area contributed by atoms with Crippen LogP contribution in [0.4, 0.5) is 0 Å². The first-order chi connectivity index (χ1) is 8.75. The van der Waals surface area contributed by atoms with E-state index in [-0.39, 0.29) is 5.60 Å². The molecule has 4 heteroatoms. The molecule has 18 heavy (non-hydrogen) atoms. The van der Waals surface area contributed by atoms with E-state index in [4.69, 9.17) is 21.3 Å². The monoisotopic (exact) mass is 266 g/mol. The second-order valence-electron chi connectivity index (χ2n) is 5.38. The summed E-state index contributed by atoms with van der Waals surface area (Å²) in [5, 5.41) is 0.653. The molecular weight excluding hydrogens is 248 g/mol. The zero-order valence-electron chi connectivity index (χ0n) is 10.8. The van der Waals surface area contributed by atoms with Gasteiger partial charge in [-0.15, -0.1) is 0 Å². The maximum atomic E-state index is 6.36. The topological polar surface area (TPSA) is 35.0 Å². The summed E-state index contributed by atoms with van der Waals surface area (Å²) in [7, 11) is 1.75. The Kier molecular flexibility index (Phi) is 3.29. The summed E-state index contributed by atoms with van der Waals surface area (Å²) in [4.78, 5) is 9.30. The average Bonchev–Trinajstić information content (AvgIpc) is 2.54. The van der Waals surface area contributed by atoms with Crippen LogP contribution in [0.3, 0.4) is 0 Å². The van der Waals surface area contributed by atoms with Crippen molar-refractivity contribution in [1.29, 1.82) is 0 Å². The molecule has 1 aromatic rings. The van der Waals surface area contributed by atoms with E-state index in [1.165, 1.54) is 31.2 Å². The van der Waals surface area contributed by atoms with Crippen LogP contribution >= 0.6 is 11.6 Å². The zero-order valence-corrected chi connectivity index (χ0v) is 11.6. The summed E-state index contributed by atoms with van der Waals surface area (Å²) in [6.45, 7) is 0. The van der Waals surface area contributed by atoms with Crippen LogP contribution in [0.25, 0.3) is 0 Å². The van der Waals surface area contributed by atoms with Crippen LogP contribution in [0, 0.1) is 0 Å². The highest BCUT2D eigenvalue weighted by molar-refractivity contribution is 6.30. The third-order valence-electron chi connectivity index (χ3n) is 4.34. The number of aryl methyl sites for hydroxylation is 1. The number of rotatable bonds is 2. The van der Waals surface area contributed by atoms with Crippen LogP contribution < -0.4 is 0 Å². The maximum Gasteiger partial charge on any atom is 0.162 e. The fraction of sp³-hybridized carbons (Fsp3) is 0.714. The van der Waals surface area contributed by atoms with E-state index in [1.54, 1.807) is 7.11 Å². The molecule has 0 bridgehead atoms. The Balaban J connectivity index is 2.02. The van der Waals surface area contributed by atoms with Crippen molar-refractivity contribution in [3.63, 3.8) is 0 Å². The smallest absolute Gasteiger partial charge is 0.162 e. The van der Waals surface area contributed by atoms with Gasteiger partial charge in [0.1, 0.15) is 10.8 Å². The quantitative estimate of drug-likeness (QED) is 0.608. The molecule has 0 spiro atoms. The molecule has 0 unspecified atom stereocenters. The van der Waals surface area contributed by atoms with Crippen molar-refractivity contribution in [3.8, 4) is 0 Å². The number of halogens is 1. The first-order valence-corrected chi connectivity index (χ1v) is 7.24. The van der Waals surface area contributed by atoms with Crippen LogP contribution in [0.2, 0.25) is 5.15 Å². The number of fused-ring (bicyclic) bond motifs is 1. The van der Waals surface area contributed by atoms with Gasteiger partial charge in [-0.2, -0.15) is 0 Å². The molecule has 2 aliphatic carbocycles. The number of hydrogen-bond donors (Lipinski definition) is 0. The third kappa shape index (κ3) is 1.94. The lowest BCUT2D eigenvalue weighted by Crippen LogP contribution is -2.38. The SMILES string of the molecule is COC1(c2nc(Cl)c3c(n2)CCCCC3)CCC1. The Morgan fingerprint density at radius 1 is 1.06 bits per heavy atom. The molecule has 0 N–H and O–H groups in total. The summed E-state index contributed by atoms with van der Waals surface area (Å²) in [6.07, 6.45) is 8.93. The molecule has 2 aliphatic rings. The minimum absolute atomic E-state index is 0.259. The summed E-state index contributed by atoms with van der Waals surface area (Å²) in [6, 6.07) is 0. The highest BCUT2D eigenvalue weighted by Crippen LogP contribution is 2.43. The van der Waals surface area contributed by atoms with Gasteiger partial charge in [-0.1, -0.05) is 18.0 Å². The Labute approximate surface area is 113 Å². The third-order valence-corrected chi connectivity index (χ3v) is 4.65. The van der Waals surface area contributed by atoms with Gasteiger partial charge in [0.2, 0.25) is 0 Å². The molecule has 0 radical (unpaired) electrons. The molecule has 0 atom stereocenters. The van der Waals surface area contributed by atoms with E-state index < -0.39 is 0 Å². The first kappa shape index (κ1) is 12.4. The molecule has 3 rings (SSSR count). The van der Waals surface area contributed by atoms with Gasteiger partial charge in [0.15, 0.2) is 5.82 Å². The predicted octanol–water partition coefficient (Wildman–Crippen LogP) is 3.42. The van der Waals surface area contributed by atoms with Gasteiger partial charge < -0.3 is 4.74 Å². The Morgan fingerprint density at radius 3 is 2.50 bits per heavy atom. The fourth-order valence-corrected chi connectivity index (χ4v) is 3.23. The molecule has 1 saturated carbocycles. The van der Waals surface area contributed by atoms with Gasteiger partial charge in [0.25, 0.3) is 0 Å². The van der Waals surface area contributed by atoms with E-state index in [2.05, 4.69) is 4.98 Å². The first-order valence-electron chi connectivity index (χ1n) is 6.86. The highest BCUT2D eigenvalue weighted by Gasteiger charge is 2.42. The molecule has 1 aromatic heterocycles. The molecule has 0 saturated heterocycles. The standard InChI is InChI=1S/C14H19ClN2O/c1-18-14(8-5-9-14)13-16-11-7-4-2-3-6-10(11)12(15)17-13/h2-9H2,1H3. The van der Waals surface area contributed by atoms with Crippen molar-refractivity contribution in [2.24, 2.45) is 0 Å². The molecule has 0 aromatic carbocycles. The van der Waals surface area contributed by atoms with Gasteiger partial charge in [-0.05, 0) is 44.9 Å². The molecular formula is C14H19ClN2O. The van der Waals surface area contributed by atoms with Crippen LogP contribution in [0.1, 0.15) is 55.6 Å². The zero-order chi connectivity index (χ0) is 12.6. The minimum Gasteiger partial charge on any atom is -0.370 e. The van der Waals surface area contributed by atoms with Gasteiger partial charge in [-0.3, -0.25) is 0 Å². The summed E-state index contributed by atoms with van der Waals surface area (Å²) in [5.41, 5.74) is 2.07. The second kappa shape index (κ2) is 4.78. The van der Waals surface area contributed by atoms with Gasteiger partial charge in [0.05, 0.1) is 0 Å². The van der Waals surface area contributed by atoms with E-state index >= 15 is 0 Å². The van der Waals surface area contributed by atoms with Crippen LogP contribution in [-0.4, -0.2) is 17.1 Å². The summed E-state index contributed by atoms with van der Waals surface area (Å²) >= 11 is 6.36. The normalized spacial score (nSPS) is 21.9. The van der Waals surface area contributed by atoms with Crippen LogP contribution in [0.5, 0.6) is 0 Å². The maximum absolute atomic E-state index is 6.36. The van der Waals surface area contributed by atoms with Crippen molar-refractivity contribution in [2.45, 2.75) is 57.0 Å². The number of nitrogens with zero attached hydrogens (tertiary/aromatic N) is 2. The Morgan fingerprint density at radius 2 is 1.83 bits per heavy atom. The van der Waals surface area contributed by atoms with Crippen LogP contribution in [-0.2, 0) is 23.2 Å². The summed E-state index contributed by atoms with van der Waals surface area (Å²) < 4.78 is 5.65. The van der Waals surface area contributed by atoms with Crippen LogP contribution in [0.15, 0.2) is 0 Å². The van der Waals surface area contributed by atoms with Gasteiger partial charge >= 0.3 is 0 Å². The molecule has 1 heterocycles. The van der Waals surface area contributed by atoms with Crippen molar-refractivity contribution < 1.29 is 4.74 Å². The second-order valence-corrected chi connectivity index (χ2v) is 5.73. The van der Waals surface area contributed by atoms with Crippen molar-refractivity contribution in [3.05, 3.63) is 22.2 Å². The van der Waals surface area contributed by atoms with Gasteiger partial charge in [0, 0.05) is 18.4 Å². The fourth-order valence-electron chi connectivity index (χ4n) is 2.95. The molecule has 3 nitrogen and oxygen atoms in total. The highest BCUT2D eigenvalue weighted by atomic mass is 35.5. The predicted molar refractivity (Wildman–Crippen MR) is 70.8 cm³/mol.